The standard InChI is InChI=1S/C24H33N7O4S/c1-24(7-8-24)27-36(33,34)19-5-6-21-20(11-19)22(32)30(15-17-12-26-29(4)14-17)23-25-13-18(31(21)23)16-35-10-9-28(2)3/h5-6,11-12,14,18,27H,7-10,13,15-16H2,1-4H3/t18-/m1/s1/i15D2. The number of carbonyl (C=O) groups excluding carboxylic acids is 1. The number of nitrogens with zero attached hydrogens (tertiary/aromatic N) is 6. The van der Waals surface area contributed by atoms with Crippen molar-refractivity contribution in [3.8, 4) is 0 Å². The van der Waals surface area contributed by atoms with E-state index in [2.05, 4.69) is 14.8 Å². The fourth-order valence-electron chi connectivity index (χ4n) is 4.24. The summed E-state index contributed by atoms with van der Waals surface area (Å²) in [6.07, 6.45) is 4.37. The Hall–Kier alpha value is -2.80. The van der Waals surface area contributed by atoms with E-state index in [1.54, 1.807) is 18.0 Å². The highest BCUT2D eigenvalue weighted by Crippen LogP contribution is 2.38. The second-order valence-electron chi connectivity index (χ2n) is 10.0. The van der Waals surface area contributed by atoms with Crippen LogP contribution >= 0.6 is 0 Å². The molecule has 36 heavy (non-hydrogen) atoms. The molecular weight excluding hydrogens is 482 g/mol. The quantitative estimate of drug-likeness (QED) is 0.469. The zero-order valence-corrected chi connectivity index (χ0v) is 21.7. The lowest BCUT2D eigenvalue weighted by atomic mass is 10.1. The summed E-state index contributed by atoms with van der Waals surface area (Å²) in [5.41, 5.74) is 0.257. The van der Waals surface area contributed by atoms with E-state index in [-0.39, 0.29) is 28.0 Å². The molecule has 0 radical (unpaired) electrons. The van der Waals surface area contributed by atoms with Gasteiger partial charge in [-0.25, -0.2) is 18.1 Å². The van der Waals surface area contributed by atoms with Crippen LogP contribution in [0.4, 0.5) is 5.69 Å². The molecule has 2 aromatic rings. The number of ether oxygens (including phenoxy) is 1. The molecule has 1 aromatic carbocycles. The number of fused-ring (bicyclic) bond motifs is 3. The zero-order valence-electron chi connectivity index (χ0n) is 22.9. The van der Waals surface area contributed by atoms with Crippen molar-refractivity contribution in [3.05, 3.63) is 41.7 Å². The Balaban J connectivity index is 1.54. The molecule has 3 aliphatic rings. The van der Waals surface area contributed by atoms with Gasteiger partial charge in [0.2, 0.25) is 16.0 Å². The number of hydrogen-bond acceptors (Lipinski definition) is 8. The monoisotopic (exact) mass is 517 g/mol. The van der Waals surface area contributed by atoms with Gasteiger partial charge in [-0.15, -0.1) is 0 Å². The van der Waals surface area contributed by atoms with Crippen molar-refractivity contribution in [3.63, 3.8) is 0 Å². The van der Waals surface area contributed by atoms with E-state index in [4.69, 9.17) is 7.48 Å². The number of carbonyl (C=O) groups is 1. The zero-order chi connectivity index (χ0) is 27.5. The minimum Gasteiger partial charge on any atom is -0.378 e. The molecule has 11 nitrogen and oxygen atoms in total. The van der Waals surface area contributed by atoms with E-state index in [1.165, 1.54) is 29.2 Å². The lowest BCUT2D eigenvalue weighted by Gasteiger charge is -2.38. The molecule has 1 fully saturated rings. The van der Waals surface area contributed by atoms with Crippen LogP contribution in [0.1, 0.15) is 38.4 Å². The third-order valence-electron chi connectivity index (χ3n) is 6.52. The van der Waals surface area contributed by atoms with Gasteiger partial charge >= 0.3 is 0 Å². The summed E-state index contributed by atoms with van der Waals surface area (Å²) in [5.74, 6) is -0.510. The van der Waals surface area contributed by atoms with Gasteiger partial charge in [0, 0.05) is 30.9 Å². The molecule has 1 aromatic heterocycles. The van der Waals surface area contributed by atoms with Crippen LogP contribution in [0.25, 0.3) is 0 Å². The average Bonchev–Trinajstić information content (AvgIpc) is 3.20. The van der Waals surface area contributed by atoms with Gasteiger partial charge in [-0.3, -0.25) is 14.4 Å². The second-order valence-corrected chi connectivity index (χ2v) is 11.7. The summed E-state index contributed by atoms with van der Waals surface area (Å²) in [6, 6.07) is 4.11. The van der Waals surface area contributed by atoms with Gasteiger partial charge in [0.15, 0.2) is 0 Å². The maximum atomic E-state index is 13.9. The summed E-state index contributed by atoms with van der Waals surface area (Å²) in [5, 5.41) is 4.07. The Labute approximate surface area is 214 Å². The highest BCUT2D eigenvalue weighted by Gasteiger charge is 2.44. The Morgan fingerprint density at radius 3 is 2.78 bits per heavy atom. The number of sulfonamides is 1. The summed E-state index contributed by atoms with van der Waals surface area (Å²) in [7, 11) is 1.69. The fourth-order valence-corrected chi connectivity index (χ4v) is 5.73. The number of nitrogens with one attached hydrogen (secondary N) is 1. The van der Waals surface area contributed by atoms with Crippen molar-refractivity contribution in [2.24, 2.45) is 12.0 Å². The van der Waals surface area contributed by atoms with E-state index in [1.807, 2.05) is 25.9 Å². The average molecular weight is 518 g/mol. The highest BCUT2D eigenvalue weighted by molar-refractivity contribution is 7.89. The van der Waals surface area contributed by atoms with Crippen LogP contribution in [0.3, 0.4) is 0 Å². The van der Waals surface area contributed by atoms with E-state index >= 15 is 0 Å². The minimum atomic E-state index is -3.88. The topological polar surface area (TPSA) is 112 Å². The lowest BCUT2D eigenvalue weighted by molar-refractivity contribution is 0.0827. The highest BCUT2D eigenvalue weighted by atomic mass is 32.2. The Kier molecular flexibility index (Phi) is 5.76. The molecule has 3 heterocycles. The van der Waals surface area contributed by atoms with Crippen LogP contribution in [-0.4, -0.2) is 91.8 Å². The number of rotatable bonds is 10. The first-order valence-corrected chi connectivity index (χ1v) is 13.4. The summed E-state index contributed by atoms with van der Waals surface area (Å²) >= 11 is 0. The van der Waals surface area contributed by atoms with Gasteiger partial charge < -0.3 is 14.5 Å². The molecule has 5 rings (SSSR count). The second kappa shape index (κ2) is 9.25. The molecule has 1 amide bonds. The minimum absolute atomic E-state index is 0.0435. The molecule has 0 unspecified atom stereocenters. The summed E-state index contributed by atoms with van der Waals surface area (Å²) in [6.45, 7) is 1.38. The number of aliphatic imine (C=N–C) groups is 1. The SMILES string of the molecule is [2H]C([2H])(c1cnn(C)c1)N1C(=O)c2cc(S(=O)(=O)NC3(C)CC3)ccc2N2C1=NC[C@@H]2COCCN(C)C. The molecule has 194 valence electrons. The molecule has 1 N–H and O–H groups in total. The summed E-state index contributed by atoms with van der Waals surface area (Å²) < 4.78 is 54.2. The number of benzene rings is 1. The van der Waals surface area contributed by atoms with Gasteiger partial charge in [0.1, 0.15) is 0 Å². The largest absolute Gasteiger partial charge is 0.378 e. The van der Waals surface area contributed by atoms with Crippen LogP contribution < -0.4 is 9.62 Å². The van der Waals surface area contributed by atoms with Crippen molar-refractivity contribution in [1.82, 2.24) is 24.3 Å². The van der Waals surface area contributed by atoms with Crippen LogP contribution in [0, 0.1) is 0 Å². The number of anilines is 1. The third-order valence-corrected chi connectivity index (χ3v) is 8.15. The van der Waals surface area contributed by atoms with E-state index < -0.39 is 28.0 Å². The van der Waals surface area contributed by atoms with Gasteiger partial charge in [0.05, 0.1) is 57.4 Å². The Bertz CT molecular complexity index is 1390. The lowest BCUT2D eigenvalue weighted by Crippen LogP contribution is -2.53. The van der Waals surface area contributed by atoms with E-state index in [0.29, 0.717) is 25.4 Å². The molecular formula is C24H33N7O4S. The van der Waals surface area contributed by atoms with E-state index in [9.17, 15) is 13.2 Å². The van der Waals surface area contributed by atoms with Crippen LogP contribution in [0.5, 0.6) is 0 Å². The molecule has 1 saturated carbocycles. The summed E-state index contributed by atoms with van der Waals surface area (Å²) in [4.78, 5) is 23.2. The predicted molar refractivity (Wildman–Crippen MR) is 135 cm³/mol. The normalized spacial score (nSPS) is 21.8. The fraction of sp³-hybridized carbons (Fsp3) is 0.542. The van der Waals surface area contributed by atoms with Crippen molar-refractivity contribution < 1.29 is 20.7 Å². The van der Waals surface area contributed by atoms with Crippen LogP contribution in [0.15, 0.2) is 40.5 Å². The molecule has 12 heteroatoms. The maximum Gasteiger partial charge on any atom is 0.263 e. The maximum absolute atomic E-state index is 13.9. The predicted octanol–water partition coefficient (Wildman–Crippen LogP) is 1.03. The van der Waals surface area contributed by atoms with Gasteiger partial charge in [-0.1, -0.05) is 0 Å². The molecule has 2 aliphatic heterocycles. The third kappa shape index (κ3) is 4.90. The van der Waals surface area contributed by atoms with Gasteiger partial charge in [0.25, 0.3) is 5.91 Å². The molecule has 0 saturated heterocycles. The van der Waals surface area contributed by atoms with Crippen LogP contribution in [0.2, 0.25) is 0 Å². The number of likely N-dealkylation sites (N-methyl/N-ethyl adjacent to an activating group) is 1. The van der Waals surface area contributed by atoms with Gasteiger partial charge in [-0.2, -0.15) is 5.10 Å². The first-order valence-electron chi connectivity index (χ1n) is 12.9. The van der Waals surface area contributed by atoms with Crippen molar-refractivity contribution in [2.75, 3.05) is 45.3 Å². The molecule has 0 bridgehead atoms. The Morgan fingerprint density at radius 2 is 2.11 bits per heavy atom. The smallest absolute Gasteiger partial charge is 0.263 e. The number of guanidine groups is 1. The number of amides is 1. The molecule has 0 spiro atoms. The number of aryl methyl sites for hydroxylation is 1. The van der Waals surface area contributed by atoms with Gasteiger partial charge in [-0.05, 0) is 52.1 Å². The molecule has 1 aliphatic carbocycles. The first kappa shape index (κ1) is 22.4. The Morgan fingerprint density at radius 1 is 1.33 bits per heavy atom. The number of aromatic nitrogens is 2. The van der Waals surface area contributed by atoms with Crippen LogP contribution in [-0.2, 0) is 28.3 Å². The number of hydrogen-bond donors (Lipinski definition) is 1. The molecule has 1 atom stereocenters. The van der Waals surface area contributed by atoms with Crippen molar-refractivity contribution >= 4 is 27.6 Å². The van der Waals surface area contributed by atoms with Crippen molar-refractivity contribution in [2.45, 2.75) is 42.7 Å². The van der Waals surface area contributed by atoms with Crippen molar-refractivity contribution in [1.29, 1.82) is 0 Å². The van der Waals surface area contributed by atoms with E-state index in [0.717, 1.165) is 24.3 Å². The first-order chi connectivity index (χ1) is 17.8.